The van der Waals surface area contributed by atoms with Crippen molar-refractivity contribution in [3.05, 3.63) is 50.8 Å². The van der Waals surface area contributed by atoms with E-state index in [1.165, 1.54) is 15.6 Å². The highest BCUT2D eigenvalue weighted by Gasteiger charge is 2.33. The molecule has 146 valence electrons. The summed E-state index contributed by atoms with van der Waals surface area (Å²) in [5, 5.41) is 0.639. The van der Waals surface area contributed by atoms with Crippen LogP contribution in [0.5, 0.6) is 0 Å². The minimum atomic E-state index is -3.49. The molecule has 1 aliphatic rings. The summed E-state index contributed by atoms with van der Waals surface area (Å²) in [5.74, 6) is -0.134. The average Bonchev–Trinajstić information content (AvgIpc) is 3.10. The van der Waals surface area contributed by atoms with E-state index in [1.54, 1.807) is 24.1 Å². The van der Waals surface area contributed by atoms with Crippen LogP contribution >= 0.6 is 38.9 Å². The third kappa shape index (κ3) is 4.74. The summed E-state index contributed by atoms with van der Waals surface area (Å²) in [7, 11) is -1.72. The highest BCUT2D eigenvalue weighted by molar-refractivity contribution is 9.11. The molecule has 0 bridgehead atoms. The SMILES string of the molecule is CN(Cc1ccccc1Cl)C(=O)C1CCN(S(=O)(=O)c2ccc(Br)s2)CC1. The molecule has 0 radical (unpaired) electrons. The Kier molecular flexibility index (Phi) is 6.63. The first kappa shape index (κ1) is 20.8. The van der Waals surface area contributed by atoms with Crippen molar-refractivity contribution in [3.63, 3.8) is 0 Å². The number of sulfonamides is 1. The summed E-state index contributed by atoms with van der Waals surface area (Å²) in [6, 6.07) is 10.8. The van der Waals surface area contributed by atoms with Crippen LogP contribution in [-0.2, 0) is 21.4 Å². The maximum atomic E-state index is 12.8. The fourth-order valence-corrected chi connectivity index (χ4v) is 7.01. The molecule has 1 fully saturated rings. The summed E-state index contributed by atoms with van der Waals surface area (Å²) in [5.41, 5.74) is 0.901. The van der Waals surface area contributed by atoms with Gasteiger partial charge >= 0.3 is 0 Å². The van der Waals surface area contributed by atoms with Crippen molar-refractivity contribution in [2.45, 2.75) is 23.6 Å². The van der Waals surface area contributed by atoms with E-state index in [0.29, 0.717) is 41.7 Å². The molecule has 0 atom stereocenters. The lowest BCUT2D eigenvalue weighted by Gasteiger charge is -2.32. The molecule has 9 heteroatoms. The number of carbonyl (C=O) groups is 1. The van der Waals surface area contributed by atoms with Crippen molar-refractivity contribution in [2.24, 2.45) is 5.92 Å². The number of hydrogen-bond donors (Lipinski definition) is 0. The first-order chi connectivity index (χ1) is 12.8. The van der Waals surface area contributed by atoms with Crippen LogP contribution < -0.4 is 0 Å². The molecule has 5 nitrogen and oxygen atoms in total. The van der Waals surface area contributed by atoms with Crippen molar-refractivity contribution < 1.29 is 13.2 Å². The Morgan fingerprint density at radius 1 is 1.26 bits per heavy atom. The zero-order valence-electron chi connectivity index (χ0n) is 14.8. The molecule has 0 aliphatic carbocycles. The molecule has 1 amide bonds. The molecule has 0 saturated carbocycles. The highest BCUT2D eigenvalue weighted by Crippen LogP contribution is 2.31. The monoisotopic (exact) mass is 490 g/mol. The predicted molar refractivity (Wildman–Crippen MR) is 111 cm³/mol. The molecular formula is C18H20BrClN2O3S2. The second kappa shape index (κ2) is 8.61. The van der Waals surface area contributed by atoms with Crippen molar-refractivity contribution in [3.8, 4) is 0 Å². The maximum absolute atomic E-state index is 12.8. The molecule has 27 heavy (non-hydrogen) atoms. The molecule has 0 N–H and O–H groups in total. The van der Waals surface area contributed by atoms with Gasteiger partial charge in [-0.15, -0.1) is 11.3 Å². The van der Waals surface area contributed by atoms with Gasteiger partial charge in [0.15, 0.2) is 0 Å². The summed E-state index contributed by atoms with van der Waals surface area (Å²) in [6.07, 6.45) is 1.05. The number of hydrogen-bond acceptors (Lipinski definition) is 4. The smallest absolute Gasteiger partial charge is 0.252 e. The number of rotatable bonds is 5. The van der Waals surface area contributed by atoms with E-state index in [2.05, 4.69) is 15.9 Å². The fourth-order valence-electron chi connectivity index (χ4n) is 3.18. The molecule has 1 saturated heterocycles. The first-order valence-corrected chi connectivity index (χ1v) is 12.0. The van der Waals surface area contributed by atoms with E-state index in [0.717, 1.165) is 9.35 Å². The lowest BCUT2D eigenvalue weighted by molar-refractivity contribution is -0.135. The molecular weight excluding hydrogens is 472 g/mol. The molecule has 0 unspecified atom stereocenters. The van der Waals surface area contributed by atoms with Gasteiger partial charge in [-0.3, -0.25) is 4.79 Å². The van der Waals surface area contributed by atoms with Crippen LogP contribution in [0.3, 0.4) is 0 Å². The maximum Gasteiger partial charge on any atom is 0.252 e. The number of amides is 1. The van der Waals surface area contributed by atoms with Gasteiger partial charge in [-0.1, -0.05) is 29.8 Å². The number of benzene rings is 1. The second-order valence-electron chi connectivity index (χ2n) is 6.52. The zero-order valence-corrected chi connectivity index (χ0v) is 18.7. The summed E-state index contributed by atoms with van der Waals surface area (Å²) in [6.45, 7) is 1.16. The second-order valence-corrected chi connectivity index (χ2v) is 11.6. The minimum absolute atomic E-state index is 0.0332. The van der Waals surface area contributed by atoms with Crippen LogP contribution in [0.15, 0.2) is 44.4 Å². The predicted octanol–water partition coefficient (Wildman–Crippen LogP) is 4.22. The third-order valence-corrected chi connectivity index (χ3v) is 9.05. The van der Waals surface area contributed by atoms with Crippen molar-refractivity contribution in [1.82, 2.24) is 9.21 Å². The van der Waals surface area contributed by atoms with Crippen molar-refractivity contribution in [2.75, 3.05) is 20.1 Å². The van der Waals surface area contributed by atoms with E-state index in [1.807, 2.05) is 24.3 Å². The lowest BCUT2D eigenvalue weighted by atomic mass is 9.96. The van der Waals surface area contributed by atoms with Gasteiger partial charge in [0.1, 0.15) is 4.21 Å². The molecule has 2 aromatic rings. The van der Waals surface area contributed by atoms with Gasteiger partial charge in [-0.25, -0.2) is 8.42 Å². The molecule has 1 aromatic heterocycles. The Morgan fingerprint density at radius 3 is 2.52 bits per heavy atom. The zero-order chi connectivity index (χ0) is 19.6. The Balaban J connectivity index is 1.60. The molecule has 1 aromatic carbocycles. The van der Waals surface area contributed by atoms with E-state index in [-0.39, 0.29) is 11.8 Å². The Labute approximate surface area is 177 Å². The molecule has 3 rings (SSSR count). The van der Waals surface area contributed by atoms with Crippen LogP contribution in [-0.4, -0.2) is 43.7 Å². The topological polar surface area (TPSA) is 57.7 Å². The largest absolute Gasteiger partial charge is 0.341 e. The van der Waals surface area contributed by atoms with Gasteiger partial charge in [0.2, 0.25) is 5.91 Å². The summed E-state index contributed by atoms with van der Waals surface area (Å²) in [4.78, 5) is 14.4. The van der Waals surface area contributed by atoms with E-state index < -0.39 is 10.0 Å². The van der Waals surface area contributed by atoms with Crippen molar-refractivity contribution in [1.29, 1.82) is 0 Å². The normalized spacial score (nSPS) is 16.4. The van der Waals surface area contributed by atoms with Gasteiger partial charge < -0.3 is 4.90 Å². The Morgan fingerprint density at radius 2 is 1.93 bits per heavy atom. The van der Waals surface area contributed by atoms with Crippen LogP contribution in [0.1, 0.15) is 18.4 Å². The van der Waals surface area contributed by atoms with E-state index in [9.17, 15) is 13.2 Å². The lowest BCUT2D eigenvalue weighted by Crippen LogP contribution is -2.43. The van der Waals surface area contributed by atoms with Crippen LogP contribution in [0.4, 0.5) is 0 Å². The van der Waals surface area contributed by atoms with Gasteiger partial charge in [0, 0.05) is 37.6 Å². The summed E-state index contributed by atoms with van der Waals surface area (Å²) < 4.78 is 28.0. The van der Waals surface area contributed by atoms with Gasteiger partial charge in [0.05, 0.1) is 3.79 Å². The van der Waals surface area contributed by atoms with Gasteiger partial charge in [0.25, 0.3) is 10.0 Å². The minimum Gasteiger partial charge on any atom is -0.341 e. The molecule has 0 spiro atoms. The number of halogens is 2. The fraction of sp³-hybridized carbons (Fsp3) is 0.389. The van der Waals surface area contributed by atoms with E-state index >= 15 is 0 Å². The number of thiophene rings is 1. The number of nitrogens with zero attached hydrogens (tertiary/aromatic N) is 2. The highest BCUT2D eigenvalue weighted by atomic mass is 79.9. The van der Waals surface area contributed by atoms with Gasteiger partial charge in [-0.2, -0.15) is 4.31 Å². The summed E-state index contributed by atoms with van der Waals surface area (Å²) >= 11 is 10.7. The van der Waals surface area contributed by atoms with Crippen molar-refractivity contribution >= 4 is 54.8 Å². The number of piperidine rings is 1. The first-order valence-electron chi connectivity index (χ1n) is 8.53. The Bertz CT molecular complexity index is 924. The number of carbonyl (C=O) groups excluding carboxylic acids is 1. The average molecular weight is 492 g/mol. The standard InChI is InChI=1S/C18H20BrClN2O3S2/c1-21(12-14-4-2-3-5-15(14)20)18(23)13-8-10-22(11-9-13)27(24,25)17-7-6-16(19)26-17/h2-7,13H,8-12H2,1H3. The van der Waals surface area contributed by atoms with E-state index in [4.69, 9.17) is 11.6 Å². The van der Waals surface area contributed by atoms with Crippen LogP contribution in [0, 0.1) is 5.92 Å². The molecule has 2 heterocycles. The quantitative estimate of drug-likeness (QED) is 0.629. The molecule has 1 aliphatic heterocycles. The third-order valence-electron chi connectivity index (χ3n) is 4.69. The Hall–Kier alpha value is -0.930. The van der Waals surface area contributed by atoms with Crippen LogP contribution in [0.2, 0.25) is 5.02 Å². The van der Waals surface area contributed by atoms with Gasteiger partial charge in [-0.05, 0) is 52.5 Å². The van der Waals surface area contributed by atoms with Crippen LogP contribution in [0.25, 0.3) is 0 Å².